The van der Waals surface area contributed by atoms with Crippen molar-refractivity contribution in [3.63, 3.8) is 0 Å². The molecule has 0 heterocycles. The van der Waals surface area contributed by atoms with Gasteiger partial charge in [0.25, 0.3) is 5.91 Å². The lowest BCUT2D eigenvalue weighted by Crippen LogP contribution is -2.51. The maximum Gasteiger partial charge on any atom is 0.253 e. The molecule has 7 heteroatoms. The molecule has 1 saturated carbocycles. The molecule has 1 fully saturated rings. The van der Waals surface area contributed by atoms with E-state index >= 15 is 0 Å². The van der Waals surface area contributed by atoms with Crippen LogP contribution in [0.5, 0.6) is 0 Å². The summed E-state index contributed by atoms with van der Waals surface area (Å²) in [6.07, 6.45) is 3.21. The van der Waals surface area contributed by atoms with Crippen molar-refractivity contribution in [2.24, 2.45) is 11.7 Å². The van der Waals surface area contributed by atoms with Crippen molar-refractivity contribution in [1.82, 2.24) is 0 Å². The van der Waals surface area contributed by atoms with Crippen LogP contribution in [0.2, 0.25) is 0 Å². The standard InChI is InChI=1S/C18H27N3O3.ClH/c1-12(24-3)16(22)20-13-7-6-8-14(11-13)21-17(23)15-9-4-5-10-18(15,2)19;/h6-8,11-12,15H,4-5,9-10,19H2,1-3H3,(H,20,22)(H,21,23);1H. The Balaban J connectivity index is 0.00000312. The van der Waals surface area contributed by atoms with E-state index in [1.807, 2.05) is 6.92 Å². The molecule has 1 aliphatic rings. The second kappa shape index (κ2) is 9.17. The van der Waals surface area contributed by atoms with E-state index in [2.05, 4.69) is 10.6 Å². The SMILES string of the molecule is COC(C)C(=O)Nc1cccc(NC(=O)C2CCCCC2(C)N)c1.Cl. The van der Waals surface area contributed by atoms with E-state index < -0.39 is 11.6 Å². The van der Waals surface area contributed by atoms with Gasteiger partial charge in [-0.15, -0.1) is 12.4 Å². The monoisotopic (exact) mass is 369 g/mol. The summed E-state index contributed by atoms with van der Waals surface area (Å²) < 4.78 is 4.99. The number of nitrogens with one attached hydrogen (secondary N) is 2. The van der Waals surface area contributed by atoms with Crippen molar-refractivity contribution in [3.05, 3.63) is 24.3 Å². The summed E-state index contributed by atoms with van der Waals surface area (Å²) in [5, 5.41) is 5.68. The Morgan fingerprint density at radius 3 is 2.52 bits per heavy atom. The molecule has 2 rings (SSSR count). The average Bonchev–Trinajstić information content (AvgIpc) is 2.53. The molecule has 25 heavy (non-hydrogen) atoms. The highest BCUT2D eigenvalue weighted by molar-refractivity contribution is 5.96. The third-order valence-electron chi connectivity index (χ3n) is 4.69. The predicted molar refractivity (Wildman–Crippen MR) is 102 cm³/mol. The molecule has 140 valence electrons. The number of halogens is 1. The topological polar surface area (TPSA) is 93.5 Å². The van der Waals surface area contributed by atoms with E-state index in [9.17, 15) is 9.59 Å². The van der Waals surface area contributed by atoms with Crippen molar-refractivity contribution in [2.45, 2.75) is 51.2 Å². The lowest BCUT2D eigenvalue weighted by atomic mass is 9.74. The van der Waals surface area contributed by atoms with Gasteiger partial charge in [-0.2, -0.15) is 0 Å². The number of ether oxygens (including phenoxy) is 1. The van der Waals surface area contributed by atoms with Crippen LogP contribution in [0.4, 0.5) is 11.4 Å². The van der Waals surface area contributed by atoms with E-state index in [1.54, 1.807) is 31.2 Å². The number of rotatable bonds is 5. The highest BCUT2D eigenvalue weighted by Crippen LogP contribution is 2.32. The minimum Gasteiger partial charge on any atom is -0.372 e. The largest absolute Gasteiger partial charge is 0.372 e. The number of benzene rings is 1. The molecule has 4 N–H and O–H groups in total. The Bertz CT molecular complexity index is 607. The fourth-order valence-electron chi connectivity index (χ4n) is 3.04. The number of hydrogen-bond acceptors (Lipinski definition) is 4. The van der Waals surface area contributed by atoms with Gasteiger partial charge >= 0.3 is 0 Å². The van der Waals surface area contributed by atoms with Crippen LogP contribution in [0.1, 0.15) is 39.5 Å². The maximum atomic E-state index is 12.6. The molecular weight excluding hydrogens is 342 g/mol. The molecule has 3 atom stereocenters. The first-order valence-electron chi connectivity index (χ1n) is 8.37. The number of anilines is 2. The van der Waals surface area contributed by atoms with Gasteiger partial charge in [0.1, 0.15) is 6.10 Å². The van der Waals surface area contributed by atoms with Crippen molar-refractivity contribution in [3.8, 4) is 0 Å². The molecule has 0 spiro atoms. The van der Waals surface area contributed by atoms with Gasteiger partial charge in [-0.3, -0.25) is 9.59 Å². The summed E-state index contributed by atoms with van der Waals surface area (Å²) in [4.78, 5) is 24.4. The number of carbonyl (C=O) groups is 2. The Labute approximate surface area is 155 Å². The van der Waals surface area contributed by atoms with Crippen LogP contribution in [-0.2, 0) is 14.3 Å². The second-order valence-electron chi connectivity index (χ2n) is 6.74. The minimum atomic E-state index is -0.538. The zero-order valence-electron chi connectivity index (χ0n) is 15.0. The molecule has 0 bridgehead atoms. The summed E-state index contributed by atoms with van der Waals surface area (Å²) in [5.74, 6) is -0.491. The lowest BCUT2D eigenvalue weighted by molar-refractivity contribution is -0.124. The molecule has 0 saturated heterocycles. The molecule has 1 aromatic carbocycles. The van der Waals surface area contributed by atoms with E-state index in [-0.39, 0.29) is 30.1 Å². The Hall–Kier alpha value is -1.63. The van der Waals surface area contributed by atoms with Gasteiger partial charge in [-0.1, -0.05) is 18.9 Å². The summed E-state index contributed by atoms with van der Waals surface area (Å²) in [6.45, 7) is 3.62. The highest BCUT2D eigenvalue weighted by Gasteiger charge is 2.37. The van der Waals surface area contributed by atoms with E-state index in [4.69, 9.17) is 10.5 Å². The van der Waals surface area contributed by atoms with Crippen molar-refractivity contribution in [1.29, 1.82) is 0 Å². The third-order valence-corrected chi connectivity index (χ3v) is 4.69. The molecule has 0 aromatic heterocycles. The highest BCUT2D eigenvalue weighted by atomic mass is 35.5. The maximum absolute atomic E-state index is 12.6. The molecule has 2 amide bonds. The average molecular weight is 370 g/mol. The predicted octanol–water partition coefficient (Wildman–Crippen LogP) is 2.93. The molecule has 0 radical (unpaired) electrons. The van der Waals surface area contributed by atoms with Gasteiger partial charge in [-0.05, 0) is 44.9 Å². The van der Waals surface area contributed by atoms with E-state index in [1.165, 1.54) is 7.11 Å². The van der Waals surface area contributed by atoms with Gasteiger partial charge in [0, 0.05) is 24.0 Å². The van der Waals surface area contributed by atoms with Crippen LogP contribution in [0.25, 0.3) is 0 Å². The Morgan fingerprint density at radius 1 is 1.28 bits per heavy atom. The van der Waals surface area contributed by atoms with Crippen LogP contribution >= 0.6 is 12.4 Å². The van der Waals surface area contributed by atoms with Gasteiger partial charge in [0.2, 0.25) is 5.91 Å². The molecule has 1 aliphatic carbocycles. The summed E-state index contributed by atoms with van der Waals surface area (Å²) in [6, 6.07) is 7.08. The quantitative estimate of drug-likeness (QED) is 0.743. The van der Waals surface area contributed by atoms with Gasteiger partial charge in [0.15, 0.2) is 0 Å². The third kappa shape index (κ3) is 5.70. The molecule has 6 nitrogen and oxygen atoms in total. The van der Waals surface area contributed by atoms with Crippen LogP contribution in [0.3, 0.4) is 0 Å². The van der Waals surface area contributed by atoms with Crippen molar-refractivity contribution in [2.75, 3.05) is 17.7 Å². The first kappa shape index (κ1) is 21.4. The number of carbonyl (C=O) groups excluding carboxylic acids is 2. The van der Waals surface area contributed by atoms with Crippen LogP contribution in [0.15, 0.2) is 24.3 Å². The van der Waals surface area contributed by atoms with Crippen LogP contribution < -0.4 is 16.4 Å². The molecule has 3 unspecified atom stereocenters. The fourth-order valence-corrected chi connectivity index (χ4v) is 3.04. The van der Waals surface area contributed by atoms with Crippen LogP contribution in [-0.4, -0.2) is 30.6 Å². The van der Waals surface area contributed by atoms with Crippen LogP contribution in [0, 0.1) is 5.92 Å². The van der Waals surface area contributed by atoms with E-state index in [0.717, 1.165) is 25.7 Å². The molecule has 1 aromatic rings. The molecule has 0 aliphatic heterocycles. The Morgan fingerprint density at radius 2 is 1.92 bits per heavy atom. The second-order valence-corrected chi connectivity index (χ2v) is 6.74. The number of hydrogen-bond donors (Lipinski definition) is 3. The summed E-state index contributed by atoms with van der Waals surface area (Å²) in [7, 11) is 1.48. The molecular formula is C18H28ClN3O3. The smallest absolute Gasteiger partial charge is 0.253 e. The van der Waals surface area contributed by atoms with Crippen molar-refractivity contribution >= 4 is 35.6 Å². The first-order valence-corrected chi connectivity index (χ1v) is 8.37. The van der Waals surface area contributed by atoms with Gasteiger partial charge in [0.05, 0.1) is 5.92 Å². The number of methoxy groups -OCH3 is 1. The number of amides is 2. The first-order chi connectivity index (χ1) is 11.3. The zero-order chi connectivity index (χ0) is 17.7. The minimum absolute atomic E-state index is 0. The zero-order valence-corrected chi connectivity index (χ0v) is 15.8. The fraction of sp³-hybridized carbons (Fsp3) is 0.556. The van der Waals surface area contributed by atoms with Gasteiger partial charge < -0.3 is 21.1 Å². The van der Waals surface area contributed by atoms with Crippen molar-refractivity contribution < 1.29 is 14.3 Å². The summed E-state index contributed by atoms with van der Waals surface area (Å²) in [5.41, 5.74) is 7.07. The van der Waals surface area contributed by atoms with Gasteiger partial charge in [-0.25, -0.2) is 0 Å². The summed E-state index contributed by atoms with van der Waals surface area (Å²) >= 11 is 0. The Kier molecular flexibility index (Phi) is 7.86. The van der Waals surface area contributed by atoms with E-state index in [0.29, 0.717) is 11.4 Å². The lowest BCUT2D eigenvalue weighted by Gasteiger charge is -2.37. The normalized spacial score (nSPS) is 23.9. The number of nitrogens with two attached hydrogens (primary N) is 1.